The number of carbonyl (C=O) groups excluding carboxylic acids is 2. The summed E-state index contributed by atoms with van der Waals surface area (Å²) in [6.07, 6.45) is 2.25. The molecule has 150 valence electrons. The molecular weight excluding hydrogens is 401 g/mol. The summed E-state index contributed by atoms with van der Waals surface area (Å²) in [5.74, 6) is -0.744. The molecule has 0 bridgehead atoms. The molecule has 1 saturated heterocycles. The van der Waals surface area contributed by atoms with Crippen molar-refractivity contribution in [3.8, 4) is 0 Å². The van der Waals surface area contributed by atoms with E-state index in [1.54, 1.807) is 23.6 Å². The van der Waals surface area contributed by atoms with Crippen molar-refractivity contribution in [1.82, 2.24) is 15.5 Å². The number of rotatable bonds is 8. The van der Waals surface area contributed by atoms with Crippen molar-refractivity contribution in [2.45, 2.75) is 25.3 Å². The van der Waals surface area contributed by atoms with Crippen LogP contribution in [0.5, 0.6) is 0 Å². The summed E-state index contributed by atoms with van der Waals surface area (Å²) in [6, 6.07) is 6.08. The normalized spacial score (nSPS) is 15.4. The van der Waals surface area contributed by atoms with Gasteiger partial charge in [-0.05, 0) is 49.5 Å². The van der Waals surface area contributed by atoms with Crippen molar-refractivity contribution < 1.29 is 14.0 Å². The van der Waals surface area contributed by atoms with Gasteiger partial charge >= 0.3 is 0 Å². The van der Waals surface area contributed by atoms with Crippen molar-refractivity contribution in [3.05, 3.63) is 57.0 Å². The van der Waals surface area contributed by atoms with Crippen LogP contribution in [0.25, 0.3) is 0 Å². The number of carbonyl (C=O) groups is 2. The molecule has 2 aromatic rings. The Labute approximate surface area is 172 Å². The van der Waals surface area contributed by atoms with Crippen LogP contribution in [0.1, 0.15) is 41.2 Å². The van der Waals surface area contributed by atoms with Crippen molar-refractivity contribution in [3.63, 3.8) is 0 Å². The van der Waals surface area contributed by atoms with Gasteiger partial charge in [-0.3, -0.25) is 14.5 Å². The van der Waals surface area contributed by atoms with Crippen LogP contribution in [-0.2, 0) is 4.79 Å². The third-order valence-electron chi connectivity index (χ3n) is 4.83. The number of nitrogens with one attached hydrogen (secondary N) is 2. The average Bonchev–Trinajstić information content (AvgIpc) is 3.38. The molecule has 0 aliphatic carbocycles. The fraction of sp³-hybridized carbons (Fsp3) is 0.400. The van der Waals surface area contributed by atoms with Gasteiger partial charge in [0.15, 0.2) is 0 Å². The van der Waals surface area contributed by atoms with Crippen LogP contribution < -0.4 is 10.6 Å². The van der Waals surface area contributed by atoms with E-state index in [-0.39, 0.29) is 43.2 Å². The highest BCUT2D eigenvalue weighted by atomic mass is 35.5. The van der Waals surface area contributed by atoms with Gasteiger partial charge in [-0.2, -0.15) is 11.3 Å². The number of halogens is 2. The third-order valence-corrected chi connectivity index (χ3v) is 5.84. The lowest BCUT2D eigenvalue weighted by Gasteiger charge is -2.29. The van der Waals surface area contributed by atoms with Crippen molar-refractivity contribution >= 4 is 34.8 Å². The monoisotopic (exact) mass is 423 g/mol. The summed E-state index contributed by atoms with van der Waals surface area (Å²) in [5.41, 5.74) is 1.02. The molecule has 0 radical (unpaired) electrons. The Hall–Kier alpha value is -1.96. The first-order valence-corrected chi connectivity index (χ1v) is 10.6. The van der Waals surface area contributed by atoms with Gasteiger partial charge in [0.05, 0.1) is 6.04 Å². The Morgan fingerprint density at radius 3 is 2.68 bits per heavy atom. The Balaban J connectivity index is 1.54. The average molecular weight is 424 g/mol. The summed E-state index contributed by atoms with van der Waals surface area (Å²) in [6.45, 7) is 2.22. The molecule has 1 aromatic carbocycles. The van der Waals surface area contributed by atoms with Crippen LogP contribution in [0.4, 0.5) is 4.39 Å². The zero-order valence-corrected chi connectivity index (χ0v) is 17.0. The zero-order chi connectivity index (χ0) is 19.9. The van der Waals surface area contributed by atoms with Gasteiger partial charge in [0.2, 0.25) is 5.91 Å². The fourth-order valence-electron chi connectivity index (χ4n) is 3.38. The lowest BCUT2D eigenvalue weighted by molar-refractivity contribution is -0.121. The number of likely N-dealkylation sites (tertiary alicyclic amines) is 1. The lowest BCUT2D eigenvalue weighted by atomic mass is 10.0. The number of thiophene rings is 1. The minimum atomic E-state index is -0.360. The predicted molar refractivity (Wildman–Crippen MR) is 109 cm³/mol. The highest BCUT2D eigenvalue weighted by Gasteiger charge is 2.28. The predicted octanol–water partition coefficient (Wildman–Crippen LogP) is 3.61. The van der Waals surface area contributed by atoms with Gasteiger partial charge in [-0.15, -0.1) is 0 Å². The number of hydrogen-bond acceptors (Lipinski definition) is 4. The zero-order valence-electron chi connectivity index (χ0n) is 15.4. The molecule has 1 atom stereocenters. The molecule has 5 nitrogen and oxygen atoms in total. The Bertz CT molecular complexity index is 790. The molecule has 8 heteroatoms. The van der Waals surface area contributed by atoms with E-state index in [0.717, 1.165) is 25.9 Å². The first-order chi connectivity index (χ1) is 13.6. The molecule has 1 aliphatic heterocycles. The number of benzene rings is 1. The maximum absolute atomic E-state index is 14.4. The van der Waals surface area contributed by atoms with Crippen LogP contribution in [0.15, 0.2) is 35.0 Å². The van der Waals surface area contributed by atoms with Crippen LogP contribution in [0.2, 0.25) is 5.02 Å². The van der Waals surface area contributed by atoms with Gasteiger partial charge in [-0.1, -0.05) is 17.7 Å². The van der Waals surface area contributed by atoms with Crippen LogP contribution in [0.3, 0.4) is 0 Å². The van der Waals surface area contributed by atoms with Crippen LogP contribution in [0, 0.1) is 5.82 Å². The van der Waals surface area contributed by atoms with E-state index in [9.17, 15) is 14.0 Å². The number of hydrogen-bond donors (Lipinski definition) is 2. The maximum Gasteiger partial charge on any atom is 0.252 e. The van der Waals surface area contributed by atoms with E-state index >= 15 is 0 Å². The first kappa shape index (κ1) is 20.8. The molecule has 28 heavy (non-hydrogen) atoms. The second-order valence-corrected chi connectivity index (χ2v) is 7.90. The van der Waals surface area contributed by atoms with Gasteiger partial charge in [0.25, 0.3) is 5.91 Å². The summed E-state index contributed by atoms with van der Waals surface area (Å²) in [7, 11) is 0. The summed E-state index contributed by atoms with van der Waals surface area (Å²) in [5, 5.41) is 9.55. The minimum absolute atomic E-state index is 0.160. The molecule has 3 rings (SSSR count). The standard InChI is InChI=1S/C20H23ClFN3O2S/c21-15-4-3-5-16(22)19(15)17(25-9-1-2-10-25)12-24-18(26)6-8-23-20(27)14-7-11-28-13-14/h3-5,7,11,13,17H,1-2,6,8-10,12H2,(H,23,27)(H,24,26)/t17-/m1/s1. The topological polar surface area (TPSA) is 61.4 Å². The summed E-state index contributed by atoms with van der Waals surface area (Å²) < 4.78 is 14.4. The maximum atomic E-state index is 14.4. The van der Waals surface area contributed by atoms with E-state index in [1.807, 2.05) is 5.38 Å². The lowest BCUT2D eigenvalue weighted by Crippen LogP contribution is -2.38. The Kier molecular flexibility index (Phi) is 7.42. The highest BCUT2D eigenvalue weighted by molar-refractivity contribution is 7.08. The molecular formula is C20H23ClFN3O2S. The quantitative estimate of drug-likeness (QED) is 0.681. The van der Waals surface area contributed by atoms with E-state index in [1.165, 1.54) is 17.4 Å². The molecule has 1 aromatic heterocycles. The first-order valence-electron chi connectivity index (χ1n) is 9.31. The molecule has 1 aliphatic rings. The second kappa shape index (κ2) is 10.0. The van der Waals surface area contributed by atoms with Crippen LogP contribution in [-0.4, -0.2) is 42.9 Å². The van der Waals surface area contributed by atoms with Gasteiger partial charge in [-0.25, -0.2) is 4.39 Å². The largest absolute Gasteiger partial charge is 0.354 e. The van der Waals surface area contributed by atoms with Crippen molar-refractivity contribution in [2.24, 2.45) is 0 Å². The number of nitrogens with zero attached hydrogens (tertiary/aromatic N) is 1. The molecule has 0 unspecified atom stereocenters. The van der Waals surface area contributed by atoms with Crippen molar-refractivity contribution in [2.75, 3.05) is 26.2 Å². The highest BCUT2D eigenvalue weighted by Crippen LogP contribution is 2.31. The van der Waals surface area contributed by atoms with Gasteiger partial charge in [0, 0.05) is 41.0 Å². The molecule has 2 heterocycles. The summed E-state index contributed by atoms with van der Waals surface area (Å²) >= 11 is 7.70. The molecule has 2 N–H and O–H groups in total. The van der Waals surface area contributed by atoms with Gasteiger partial charge < -0.3 is 10.6 Å². The molecule has 2 amide bonds. The Morgan fingerprint density at radius 2 is 2.00 bits per heavy atom. The van der Waals surface area contributed by atoms with E-state index in [2.05, 4.69) is 15.5 Å². The number of amides is 2. The molecule has 0 saturated carbocycles. The summed E-state index contributed by atoms with van der Waals surface area (Å²) in [4.78, 5) is 26.3. The van der Waals surface area contributed by atoms with E-state index < -0.39 is 0 Å². The van der Waals surface area contributed by atoms with Gasteiger partial charge in [0.1, 0.15) is 5.82 Å². The van der Waals surface area contributed by atoms with E-state index in [0.29, 0.717) is 16.1 Å². The fourth-order valence-corrected chi connectivity index (χ4v) is 4.31. The second-order valence-electron chi connectivity index (χ2n) is 6.72. The van der Waals surface area contributed by atoms with Crippen LogP contribution >= 0.6 is 22.9 Å². The minimum Gasteiger partial charge on any atom is -0.354 e. The molecule has 0 spiro atoms. The Morgan fingerprint density at radius 1 is 1.21 bits per heavy atom. The van der Waals surface area contributed by atoms with Crippen molar-refractivity contribution in [1.29, 1.82) is 0 Å². The molecule has 1 fully saturated rings. The SMILES string of the molecule is O=C(CCNC(=O)c1ccsc1)NC[C@H](c1c(F)cccc1Cl)N1CCCC1. The third kappa shape index (κ3) is 5.31. The smallest absolute Gasteiger partial charge is 0.252 e. The van der Waals surface area contributed by atoms with E-state index in [4.69, 9.17) is 11.6 Å².